The standard InChI is InChI=1S/C14H11ClFNO4/c1-20-13-3-2-11(17(18)19)7-14(13)21-12-5-9(8-15)4-10(16)6-12/h2-7H,8H2,1H3. The van der Waals surface area contributed by atoms with Gasteiger partial charge in [0.05, 0.1) is 18.1 Å². The number of nitro groups is 1. The van der Waals surface area contributed by atoms with Crippen molar-refractivity contribution in [3.63, 3.8) is 0 Å². The van der Waals surface area contributed by atoms with E-state index >= 15 is 0 Å². The Labute approximate surface area is 125 Å². The van der Waals surface area contributed by atoms with E-state index in [1.165, 1.54) is 31.4 Å². The molecule has 0 saturated heterocycles. The maximum Gasteiger partial charge on any atom is 0.273 e. The van der Waals surface area contributed by atoms with Gasteiger partial charge in [0.15, 0.2) is 11.5 Å². The van der Waals surface area contributed by atoms with Gasteiger partial charge in [-0.05, 0) is 23.8 Å². The number of hydrogen-bond acceptors (Lipinski definition) is 4. The Balaban J connectivity index is 2.40. The van der Waals surface area contributed by atoms with Gasteiger partial charge in [0.25, 0.3) is 5.69 Å². The molecule has 2 rings (SSSR count). The zero-order valence-corrected chi connectivity index (χ0v) is 11.8. The second-order valence-corrected chi connectivity index (χ2v) is 4.39. The van der Waals surface area contributed by atoms with Crippen molar-refractivity contribution < 1.29 is 18.8 Å². The monoisotopic (exact) mass is 311 g/mol. The fraction of sp³-hybridized carbons (Fsp3) is 0.143. The predicted molar refractivity (Wildman–Crippen MR) is 75.7 cm³/mol. The summed E-state index contributed by atoms with van der Waals surface area (Å²) in [4.78, 5) is 10.2. The quantitative estimate of drug-likeness (QED) is 0.470. The largest absolute Gasteiger partial charge is 0.493 e. The molecule has 5 nitrogen and oxygen atoms in total. The number of non-ortho nitro benzene ring substituents is 1. The van der Waals surface area contributed by atoms with Crippen molar-refractivity contribution in [2.45, 2.75) is 5.88 Å². The van der Waals surface area contributed by atoms with Crippen LogP contribution >= 0.6 is 11.6 Å². The van der Waals surface area contributed by atoms with Gasteiger partial charge in [-0.1, -0.05) is 0 Å². The van der Waals surface area contributed by atoms with Gasteiger partial charge < -0.3 is 9.47 Å². The highest BCUT2D eigenvalue weighted by Crippen LogP contribution is 2.35. The van der Waals surface area contributed by atoms with E-state index in [-0.39, 0.29) is 23.1 Å². The summed E-state index contributed by atoms with van der Waals surface area (Å²) in [6.45, 7) is 0. The minimum atomic E-state index is -0.554. The van der Waals surface area contributed by atoms with Gasteiger partial charge in [-0.3, -0.25) is 10.1 Å². The first-order valence-electron chi connectivity index (χ1n) is 5.89. The Bertz CT molecular complexity index is 678. The lowest BCUT2D eigenvalue weighted by Crippen LogP contribution is -1.94. The number of nitrogens with zero attached hydrogens (tertiary/aromatic N) is 1. The van der Waals surface area contributed by atoms with Crippen LogP contribution < -0.4 is 9.47 Å². The highest BCUT2D eigenvalue weighted by molar-refractivity contribution is 6.17. The van der Waals surface area contributed by atoms with Crippen LogP contribution in [0.4, 0.5) is 10.1 Å². The third kappa shape index (κ3) is 3.61. The maximum absolute atomic E-state index is 13.4. The molecule has 21 heavy (non-hydrogen) atoms. The lowest BCUT2D eigenvalue weighted by atomic mass is 10.2. The van der Waals surface area contributed by atoms with Gasteiger partial charge >= 0.3 is 0 Å². The second-order valence-electron chi connectivity index (χ2n) is 4.12. The van der Waals surface area contributed by atoms with E-state index in [1.54, 1.807) is 6.07 Å². The van der Waals surface area contributed by atoms with E-state index in [2.05, 4.69) is 0 Å². The Morgan fingerprint density at radius 3 is 2.62 bits per heavy atom. The molecule has 0 amide bonds. The van der Waals surface area contributed by atoms with Crippen molar-refractivity contribution in [2.24, 2.45) is 0 Å². The first kappa shape index (κ1) is 15.1. The number of benzene rings is 2. The van der Waals surface area contributed by atoms with Gasteiger partial charge in [-0.2, -0.15) is 0 Å². The molecule has 0 aliphatic rings. The molecule has 0 radical (unpaired) electrons. The van der Waals surface area contributed by atoms with E-state index in [9.17, 15) is 14.5 Å². The summed E-state index contributed by atoms with van der Waals surface area (Å²) in [5.41, 5.74) is 0.385. The van der Waals surface area contributed by atoms with E-state index < -0.39 is 10.7 Å². The Morgan fingerprint density at radius 2 is 2.00 bits per heavy atom. The van der Waals surface area contributed by atoms with E-state index in [0.29, 0.717) is 11.3 Å². The van der Waals surface area contributed by atoms with Gasteiger partial charge in [-0.15, -0.1) is 11.6 Å². The van der Waals surface area contributed by atoms with Gasteiger partial charge in [-0.25, -0.2) is 4.39 Å². The highest BCUT2D eigenvalue weighted by atomic mass is 35.5. The van der Waals surface area contributed by atoms with Crippen LogP contribution in [-0.2, 0) is 5.88 Å². The Kier molecular flexibility index (Phi) is 4.59. The fourth-order valence-electron chi connectivity index (χ4n) is 1.74. The fourth-order valence-corrected chi connectivity index (χ4v) is 1.90. The second kappa shape index (κ2) is 6.41. The molecular weight excluding hydrogens is 301 g/mol. The molecule has 0 saturated carbocycles. The van der Waals surface area contributed by atoms with Crippen molar-refractivity contribution in [3.8, 4) is 17.2 Å². The maximum atomic E-state index is 13.4. The molecule has 7 heteroatoms. The highest BCUT2D eigenvalue weighted by Gasteiger charge is 2.14. The predicted octanol–water partition coefficient (Wildman–Crippen LogP) is 4.27. The molecule has 0 aromatic heterocycles. The molecular formula is C14H11ClFNO4. The van der Waals surface area contributed by atoms with Crippen LogP contribution in [0.1, 0.15) is 5.56 Å². The molecule has 110 valence electrons. The SMILES string of the molecule is COc1ccc([N+](=O)[O-])cc1Oc1cc(F)cc(CCl)c1. The van der Waals surface area contributed by atoms with Crippen LogP contribution in [-0.4, -0.2) is 12.0 Å². The summed E-state index contributed by atoms with van der Waals surface area (Å²) >= 11 is 5.66. The van der Waals surface area contributed by atoms with Gasteiger partial charge in [0.1, 0.15) is 11.6 Å². The molecule has 0 aliphatic heterocycles. The normalized spacial score (nSPS) is 10.2. The molecule has 0 aliphatic carbocycles. The molecule has 0 unspecified atom stereocenters. The molecule has 0 spiro atoms. The van der Waals surface area contributed by atoms with Crippen LogP contribution in [0.2, 0.25) is 0 Å². The summed E-state index contributed by atoms with van der Waals surface area (Å²) in [7, 11) is 1.41. The average Bonchev–Trinajstić information content (AvgIpc) is 2.46. The molecule has 2 aromatic carbocycles. The van der Waals surface area contributed by atoms with Crippen LogP contribution in [0.3, 0.4) is 0 Å². The first-order chi connectivity index (χ1) is 10.0. The number of hydrogen-bond donors (Lipinski definition) is 0. The van der Waals surface area contributed by atoms with Crippen molar-refractivity contribution in [1.29, 1.82) is 0 Å². The average molecular weight is 312 g/mol. The number of alkyl halides is 1. The molecule has 0 heterocycles. The Morgan fingerprint density at radius 1 is 1.24 bits per heavy atom. The summed E-state index contributed by atoms with van der Waals surface area (Å²) in [5, 5.41) is 10.8. The lowest BCUT2D eigenvalue weighted by molar-refractivity contribution is -0.384. The molecule has 0 N–H and O–H groups in total. The van der Waals surface area contributed by atoms with Crippen molar-refractivity contribution in [2.75, 3.05) is 7.11 Å². The summed E-state index contributed by atoms with van der Waals surface area (Å²) in [6.07, 6.45) is 0. The summed E-state index contributed by atoms with van der Waals surface area (Å²) in [6, 6.07) is 7.91. The van der Waals surface area contributed by atoms with Crippen molar-refractivity contribution in [1.82, 2.24) is 0 Å². The van der Waals surface area contributed by atoms with E-state index in [4.69, 9.17) is 21.1 Å². The minimum Gasteiger partial charge on any atom is -0.493 e. The number of halogens is 2. The van der Waals surface area contributed by atoms with Gasteiger partial charge in [0, 0.05) is 18.0 Å². The zero-order chi connectivity index (χ0) is 15.4. The lowest BCUT2D eigenvalue weighted by Gasteiger charge is -2.11. The van der Waals surface area contributed by atoms with E-state index in [1.807, 2.05) is 0 Å². The first-order valence-corrected chi connectivity index (χ1v) is 6.42. The van der Waals surface area contributed by atoms with Crippen LogP contribution in [0.25, 0.3) is 0 Å². The zero-order valence-electron chi connectivity index (χ0n) is 11.0. The van der Waals surface area contributed by atoms with Crippen LogP contribution in [0, 0.1) is 15.9 Å². The molecule has 2 aromatic rings. The topological polar surface area (TPSA) is 61.6 Å². The van der Waals surface area contributed by atoms with Crippen LogP contribution in [0.5, 0.6) is 17.2 Å². The van der Waals surface area contributed by atoms with Crippen LogP contribution in [0.15, 0.2) is 36.4 Å². The third-order valence-electron chi connectivity index (χ3n) is 2.67. The number of nitro benzene ring substituents is 1. The number of rotatable bonds is 5. The molecule has 0 bridgehead atoms. The smallest absolute Gasteiger partial charge is 0.273 e. The summed E-state index contributed by atoms with van der Waals surface area (Å²) in [5.74, 6) is 0.229. The third-order valence-corrected chi connectivity index (χ3v) is 2.98. The molecule has 0 atom stereocenters. The van der Waals surface area contributed by atoms with Gasteiger partial charge in [0.2, 0.25) is 0 Å². The van der Waals surface area contributed by atoms with Crippen molar-refractivity contribution in [3.05, 3.63) is 57.9 Å². The minimum absolute atomic E-state index is 0.123. The van der Waals surface area contributed by atoms with E-state index in [0.717, 1.165) is 6.07 Å². The number of ether oxygens (including phenoxy) is 2. The number of methoxy groups -OCH3 is 1. The summed E-state index contributed by atoms with van der Waals surface area (Å²) < 4.78 is 24.0. The Hall–Kier alpha value is -2.34. The van der Waals surface area contributed by atoms with Crippen molar-refractivity contribution >= 4 is 17.3 Å². The molecule has 0 fully saturated rings.